The van der Waals surface area contributed by atoms with Crippen molar-refractivity contribution in [2.24, 2.45) is 0 Å². The lowest BCUT2D eigenvalue weighted by molar-refractivity contribution is 0.630. The first kappa shape index (κ1) is 21.0. The van der Waals surface area contributed by atoms with Crippen molar-refractivity contribution in [3.8, 4) is 22.3 Å². The second kappa shape index (κ2) is 8.50. The SMILES string of the molecule is Bc1c(B)c(B)c(Nc2c(F)cc(-c3ccccc3)cc2-c2ccccc2)c(F)c1B. The minimum Gasteiger partial charge on any atom is -0.351 e. The number of anilines is 2. The molecule has 0 aromatic heterocycles. The highest BCUT2D eigenvalue weighted by Gasteiger charge is 2.19. The Morgan fingerprint density at radius 3 is 1.71 bits per heavy atom. The molecule has 0 unspecified atom stereocenters. The molecule has 1 nitrogen and oxygen atoms in total. The van der Waals surface area contributed by atoms with Crippen LogP contribution in [-0.2, 0) is 0 Å². The first-order chi connectivity index (χ1) is 14.9. The quantitative estimate of drug-likeness (QED) is 0.475. The Bertz CT molecular complexity index is 1230. The predicted octanol–water partition coefficient (Wildman–Crippen LogP) is 0.0760. The molecular formula is C24H21B4F2N. The average molecular weight is 405 g/mol. The standard InChI is InChI=1S/C24H21B4F2N/c25-18-19(26)21(28)24(22(30)20(18)27)31-23-16(14-9-5-2-6-10-14)11-15(12-17(23)29)13-7-3-1-4-8-13/h1-12,31H,25-28H2. The molecule has 148 valence electrons. The van der Waals surface area contributed by atoms with Gasteiger partial charge in [-0.1, -0.05) is 82.5 Å². The fraction of sp³-hybridized carbons (Fsp3) is 0. The minimum atomic E-state index is -0.421. The molecule has 7 heteroatoms. The molecule has 0 saturated heterocycles. The molecule has 0 radical (unpaired) electrons. The van der Waals surface area contributed by atoms with Crippen LogP contribution >= 0.6 is 0 Å². The third kappa shape index (κ3) is 3.93. The molecule has 0 fully saturated rings. The van der Waals surface area contributed by atoms with E-state index in [0.29, 0.717) is 16.7 Å². The first-order valence-corrected chi connectivity index (χ1v) is 10.4. The summed E-state index contributed by atoms with van der Waals surface area (Å²) in [6.07, 6.45) is 0. The Morgan fingerprint density at radius 1 is 0.548 bits per heavy atom. The Morgan fingerprint density at radius 2 is 1.10 bits per heavy atom. The van der Waals surface area contributed by atoms with Gasteiger partial charge in [0.1, 0.15) is 43.0 Å². The molecule has 0 atom stereocenters. The number of nitrogens with one attached hydrogen (secondary N) is 1. The van der Waals surface area contributed by atoms with Crippen LogP contribution in [0.1, 0.15) is 0 Å². The van der Waals surface area contributed by atoms with Gasteiger partial charge < -0.3 is 5.32 Å². The zero-order valence-corrected chi connectivity index (χ0v) is 18.2. The lowest BCUT2D eigenvalue weighted by atomic mass is 9.66. The van der Waals surface area contributed by atoms with Crippen LogP contribution in [0.4, 0.5) is 20.2 Å². The first-order valence-electron chi connectivity index (χ1n) is 10.4. The average Bonchev–Trinajstić information content (AvgIpc) is 2.81. The molecule has 0 aliphatic carbocycles. The van der Waals surface area contributed by atoms with E-state index in [2.05, 4.69) is 5.32 Å². The van der Waals surface area contributed by atoms with Gasteiger partial charge in [0.05, 0.1) is 11.4 Å². The second-order valence-electron chi connectivity index (χ2n) is 7.93. The summed E-state index contributed by atoms with van der Waals surface area (Å²) in [7, 11) is 7.51. The molecule has 0 aliphatic heterocycles. The van der Waals surface area contributed by atoms with Gasteiger partial charge in [-0.2, -0.15) is 0 Å². The van der Waals surface area contributed by atoms with E-state index >= 15 is 8.78 Å². The van der Waals surface area contributed by atoms with Gasteiger partial charge in [-0.25, -0.2) is 8.78 Å². The van der Waals surface area contributed by atoms with Gasteiger partial charge in [-0.15, -0.1) is 0 Å². The maximum absolute atomic E-state index is 15.5. The maximum Gasteiger partial charge on any atom is 0.147 e. The zero-order valence-electron chi connectivity index (χ0n) is 18.2. The Hall–Kier alpha value is -3.20. The summed E-state index contributed by atoms with van der Waals surface area (Å²) < 4.78 is 30.7. The van der Waals surface area contributed by atoms with Gasteiger partial charge in [0.2, 0.25) is 0 Å². The smallest absolute Gasteiger partial charge is 0.147 e. The van der Waals surface area contributed by atoms with E-state index < -0.39 is 5.82 Å². The van der Waals surface area contributed by atoms with Gasteiger partial charge in [-0.05, 0) is 28.8 Å². The highest BCUT2D eigenvalue weighted by atomic mass is 19.1. The third-order valence-electron chi connectivity index (χ3n) is 6.14. The molecule has 0 heterocycles. The molecule has 0 saturated carbocycles. The van der Waals surface area contributed by atoms with Crippen molar-refractivity contribution in [2.75, 3.05) is 5.32 Å². The molecule has 4 aromatic rings. The van der Waals surface area contributed by atoms with Crippen molar-refractivity contribution in [3.05, 3.63) is 84.4 Å². The fourth-order valence-corrected chi connectivity index (χ4v) is 3.92. The topological polar surface area (TPSA) is 12.0 Å². The minimum absolute atomic E-state index is 0.274. The predicted molar refractivity (Wildman–Crippen MR) is 140 cm³/mol. The van der Waals surface area contributed by atoms with Crippen molar-refractivity contribution in [1.82, 2.24) is 0 Å². The van der Waals surface area contributed by atoms with Crippen LogP contribution in [0.2, 0.25) is 0 Å². The molecule has 0 spiro atoms. The number of rotatable bonds is 4. The van der Waals surface area contributed by atoms with Gasteiger partial charge in [0.15, 0.2) is 0 Å². The van der Waals surface area contributed by atoms with Gasteiger partial charge in [-0.3, -0.25) is 0 Å². The maximum atomic E-state index is 15.5. The Balaban J connectivity index is 1.93. The van der Waals surface area contributed by atoms with Crippen molar-refractivity contribution < 1.29 is 8.78 Å². The fourth-order valence-electron chi connectivity index (χ4n) is 3.92. The lowest BCUT2D eigenvalue weighted by Crippen LogP contribution is -2.49. The van der Waals surface area contributed by atoms with Crippen LogP contribution in [0, 0.1) is 11.6 Å². The van der Waals surface area contributed by atoms with E-state index in [1.54, 1.807) is 7.85 Å². The van der Waals surface area contributed by atoms with Crippen LogP contribution in [0.25, 0.3) is 22.3 Å². The zero-order chi connectivity index (χ0) is 22.1. The summed E-state index contributed by atoms with van der Waals surface area (Å²) in [6, 6.07) is 22.8. The van der Waals surface area contributed by atoms with Gasteiger partial charge >= 0.3 is 0 Å². The van der Waals surface area contributed by atoms with Crippen LogP contribution < -0.4 is 27.2 Å². The molecule has 1 N–H and O–H groups in total. The van der Waals surface area contributed by atoms with Crippen molar-refractivity contribution >= 4 is 64.6 Å². The number of hydrogen-bond acceptors (Lipinski definition) is 1. The molecule has 0 amide bonds. The monoisotopic (exact) mass is 405 g/mol. The van der Waals surface area contributed by atoms with Crippen LogP contribution in [0.3, 0.4) is 0 Å². The normalized spacial score (nSPS) is 10.8. The summed E-state index contributed by atoms with van der Waals surface area (Å²) in [6.45, 7) is 0. The summed E-state index contributed by atoms with van der Waals surface area (Å²) >= 11 is 0. The van der Waals surface area contributed by atoms with E-state index in [4.69, 9.17) is 0 Å². The highest BCUT2D eigenvalue weighted by molar-refractivity contribution is 6.63. The molecule has 31 heavy (non-hydrogen) atoms. The number of benzene rings is 4. The van der Waals surface area contributed by atoms with Crippen molar-refractivity contribution in [1.29, 1.82) is 0 Å². The summed E-state index contributed by atoms with van der Waals surface area (Å²) in [5.74, 6) is -0.763. The van der Waals surface area contributed by atoms with Crippen molar-refractivity contribution in [3.63, 3.8) is 0 Å². The molecule has 4 aromatic carbocycles. The van der Waals surface area contributed by atoms with Crippen LogP contribution in [0.15, 0.2) is 72.8 Å². The van der Waals surface area contributed by atoms with E-state index in [-0.39, 0.29) is 11.5 Å². The summed E-state index contributed by atoms with van der Waals surface area (Å²) in [4.78, 5) is 0. The van der Waals surface area contributed by atoms with Crippen LogP contribution in [0.5, 0.6) is 0 Å². The molecule has 4 rings (SSSR count). The highest BCUT2D eigenvalue weighted by Crippen LogP contribution is 2.36. The summed E-state index contributed by atoms with van der Waals surface area (Å²) in [5.41, 5.74) is 7.13. The largest absolute Gasteiger partial charge is 0.351 e. The Labute approximate surface area is 185 Å². The number of hydrogen-bond donors (Lipinski definition) is 1. The van der Waals surface area contributed by atoms with Gasteiger partial charge in [0.25, 0.3) is 0 Å². The Kier molecular flexibility index (Phi) is 5.77. The van der Waals surface area contributed by atoms with Crippen molar-refractivity contribution in [2.45, 2.75) is 0 Å². The van der Waals surface area contributed by atoms with E-state index in [1.807, 2.05) is 90.3 Å². The number of halogens is 2. The molecular weight excluding hydrogens is 384 g/mol. The molecule has 0 bridgehead atoms. The van der Waals surface area contributed by atoms with Gasteiger partial charge in [0, 0.05) is 5.56 Å². The molecule has 0 aliphatic rings. The van der Waals surface area contributed by atoms with E-state index in [9.17, 15) is 0 Å². The lowest BCUT2D eigenvalue weighted by Gasteiger charge is -2.21. The van der Waals surface area contributed by atoms with Crippen LogP contribution in [-0.4, -0.2) is 31.4 Å². The summed E-state index contributed by atoms with van der Waals surface area (Å²) in [5, 5.41) is 3.11. The van der Waals surface area contributed by atoms with E-state index in [0.717, 1.165) is 33.1 Å². The second-order valence-corrected chi connectivity index (χ2v) is 7.93. The third-order valence-corrected chi connectivity index (χ3v) is 6.14. The van der Waals surface area contributed by atoms with E-state index in [1.165, 1.54) is 6.07 Å².